The van der Waals surface area contributed by atoms with Crippen LogP contribution in [0.5, 0.6) is 0 Å². The Morgan fingerprint density at radius 2 is 1.74 bits per heavy atom. The minimum absolute atomic E-state index is 0.0465. The first kappa shape index (κ1) is 22.6. The summed E-state index contributed by atoms with van der Waals surface area (Å²) in [6, 6.07) is 16.3. The number of carbonyl (C=O) groups is 3. The Balaban J connectivity index is 1.17. The number of carbonyl (C=O) groups excluding carboxylic acids is 2. The van der Waals surface area contributed by atoms with E-state index in [0.29, 0.717) is 0 Å². The van der Waals surface area contributed by atoms with E-state index in [1.165, 1.54) is 6.07 Å². The predicted molar refractivity (Wildman–Crippen MR) is 121 cm³/mol. The lowest BCUT2D eigenvalue weighted by molar-refractivity contribution is -0.141. The molecule has 10 heteroatoms. The van der Waals surface area contributed by atoms with Gasteiger partial charge in [-0.25, -0.2) is 9.59 Å². The van der Waals surface area contributed by atoms with Crippen molar-refractivity contribution >= 4 is 18.0 Å². The zero-order chi connectivity index (χ0) is 24.5. The van der Waals surface area contributed by atoms with Crippen molar-refractivity contribution in [3.05, 3.63) is 77.2 Å². The smallest absolute Gasteiger partial charge is 0.407 e. The van der Waals surface area contributed by atoms with Gasteiger partial charge in [0, 0.05) is 24.9 Å². The summed E-state index contributed by atoms with van der Waals surface area (Å²) in [5.74, 6) is -1.73. The number of benzene rings is 2. The number of aliphatic carboxylic acids is 1. The third-order valence-electron chi connectivity index (χ3n) is 6.35. The summed E-state index contributed by atoms with van der Waals surface area (Å²) in [5.41, 5.74) is 4.37. The molecule has 1 fully saturated rings. The first-order valence-corrected chi connectivity index (χ1v) is 11.2. The number of aliphatic hydroxyl groups is 1. The van der Waals surface area contributed by atoms with Gasteiger partial charge in [-0.3, -0.25) is 4.79 Å². The number of ether oxygens (including phenoxy) is 1. The number of β-amino-alcohol motifs (C(OH)–C–C–N with tert-alkyl or cyclic N) is 1. The van der Waals surface area contributed by atoms with Gasteiger partial charge in [0.05, 0.1) is 12.6 Å². The summed E-state index contributed by atoms with van der Waals surface area (Å²) in [6.07, 6.45) is -1.61. The standard InChI is InChI=1S/C25H23N3O7/c29-14-9-22(24(31)32)28(12-14)23(30)21-10-15(35-27-21)11-26-25(33)34-13-20-18-7-3-1-5-16(18)17-6-2-4-8-19(17)20/h1-8,10,14,20,22,29H,9,11-13H2,(H,26,33)(H,31,32)/t14?,22-/m0/s1. The molecule has 180 valence electrons. The van der Waals surface area contributed by atoms with Gasteiger partial charge in [0.1, 0.15) is 12.6 Å². The van der Waals surface area contributed by atoms with Gasteiger partial charge in [0.2, 0.25) is 0 Å². The van der Waals surface area contributed by atoms with Crippen LogP contribution in [0.15, 0.2) is 59.1 Å². The number of alkyl carbamates (subject to hydrolysis) is 1. The minimum atomic E-state index is -1.20. The molecule has 3 N–H and O–H groups in total. The molecule has 3 aromatic rings. The topological polar surface area (TPSA) is 142 Å². The number of likely N-dealkylation sites (tertiary alicyclic amines) is 1. The maximum Gasteiger partial charge on any atom is 0.407 e. The van der Waals surface area contributed by atoms with Crippen molar-refractivity contribution in [2.75, 3.05) is 13.2 Å². The highest BCUT2D eigenvalue weighted by Gasteiger charge is 2.40. The predicted octanol–water partition coefficient (Wildman–Crippen LogP) is 2.37. The summed E-state index contributed by atoms with van der Waals surface area (Å²) < 4.78 is 10.6. The molecule has 10 nitrogen and oxygen atoms in total. The number of fused-ring (bicyclic) bond motifs is 3. The molecule has 5 rings (SSSR count). The van der Waals surface area contributed by atoms with E-state index in [9.17, 15) is 24.6 Å². The normalized spacial score (nSPS) is 18.7. The van der Waals surface area contributed by atoms with Gasteiger partial charge in [0.25, 0.3) is 5.91 Å². The third-order valence-corrected chi connectivity index (χ3v) is 6.35. The number of aromatic nitrogens is 1. The van der Waals surface area contributed by atoms with E-state index >= 15 is 0 Å². The highest BCUT2D eigenvalue weighted by atomic mass is 16.5. The van der Waals surface area contributed by atoms with Crippen LogP contribution in [0.3, 0.4) is 0 Å². The summed E-state index contributed by atoms with van der Waals surface area (Å²) in [5, 5.41) is 25.3. The van der Waals surface area contributed by atoms with Crippen molar-refractivity contribution in [3.8, 4) is 11.1 Å². The van der Waals surface area contributed by atoms with Crippen LogP contribution in [0, 0.1) is 0 Å². The van der Waals surface area contributed by atoms with Gasteiger partial charge in [-0.1, -0.05) is 53.7 Å². The molecular formula is C25H23N3O7. The lowest BCUT2D eigenvalue weighted by Gasteiger charge is -2.19. The van der Waals surface area contributed by atoms with Crippen LogP contribution in [0.25, 0.3) is 11.1 Å². The second kappa shape index (κ2) is 9.22. The molecule has 0 radical (unpaired) electrons. The Kier molecular flexibility index (Phi) is 5.96. The van der Waals surface area contributed by atoms with Crippen molar-refractivity contribution in [1.29, 1.82) is 0 Å². The molecule has 0 spiro atoms. The third kappa shape index (κ3) is 4.35. The van der Waals surface area contributed by atoms with E-state index in [-0.39, 0.29) is 43.5 Å². The van der Waals surface area contributed by atoms with Crippen LogP contribution in [0.2, 0.25) is 0 Å². The summed E-state index contributed by atoms with van der Waals surface area (Å²) in [6.45, 7) is -0.00814. The number of carboxylic acids is 1. The average molecular weight is 477 g/mol. The minimum Gasteiger partial charge on any atom is -0.480 e. The van der Waals surface area contributed by atoms with E-state index < -0.39 is 30.1 Å². The Hall–Kier alpha value is -4.18. The highest BCUT2D eigenvalue weighted by Crippen LogP contribution is 2.44. The maximum atomic E-state index is 12.6. The lowest BCUT2D eigenvalue weighted by atomic mass is 9.98. The van der Waals surface area contributed by atoms with E-state index in [4.69, 9.17) is 9.26 Å². The van der Waals surface area contributed by atoms with Gasteiger partial charge in [-0.2, -0.15) is 0 Å². The molecule has 35 heavy (non-hydrogen) atoms. The zero-order valence-corrected chi connectivity index (χ0v) is 18.6. The Labute approximate surface area is 200 Å². The lowest BCUT2D eigenvalue weighted by Crippen LogP contribution is -2.40. The second-order valence-electron chi connectivity index (χ2n) is 8.56. The molecule has 2 heterocycles. The Morgan fingerprint density at radius 3 is 2.40 bits per heavy atom. The van der Waals surface area contributed by atoms with Crippen molar-refractivity contribution < 1.29 is 33.9 Å². The molecule has 2 amide bonds. The van der Waals surface area contributed by atoms with E-state index in [0.717, 1.165) is 27.2 Å². The number of carboxylic acid groups (broad SMARTS) is 1. The fourth-order valence-electron chi connectivity index (χ4n) is 4.73. The summed E-state index contributed by atoms with van der Waals surface area (Å²) in [4.78, 5) is 37.4. The quantitative estimate of drug-likeness (QED) is 0.491. The molecule has 1 aromatic heterocycles. The van der Waals surface area contributed by atoms with Crippen molar-refractivity contribution in [1.82, 2.24) is 15.4 Å². The number of nitrogens with one attached hydrogen (secondary N) is 1. The number of rotatable bonds is 6. The van der Waals surface area contributed by atoms with Gasteiger partial charge < -0.3 is 29.7 Å². The second-order valence-corrected chi connectivity index (χ2v) is 8.56. The first-order chi connectivity index (χ1) is 16.9. The number of aliphatic hydroxyl groups excluding tert-OH is 1. The van der Waals surface area contributed by atoms with E-state index in [2.05, 4.69) is 22.6 Å². The fraction of sp³-hybridized carbons (Fsp3) is 0.280. The van der Waals surface area contributed by atoms with Crippen molar-refractivity contribution in [2.45, 2.75) is 31.0 Å². The Bertz CT molecular complexity index is 1240. The maximum absolute atomic E-state index is 12.6. The summed E-state index contributed by atoms with van der Waals surface area (Å²) >= 11 is 0. The van der Waals surface area contributed by atoms with Crippen LogP contribution in [0.4, 0.5) is 4.79 Å². The highest BCUT2D eigenvalue weighted by molar-refractivity contribution is 5.95. The molecule has 1 aliphatic carbocycles. The van der Waals surface area contributed by atoms with Gasteiger partial charge in [-0.15, -0.1) is 0 Å². The zero-order valence-electron chi connectivity index (χ0n) is 18.6. The van der Waals surface area contributed by atoms with E-state index in [1.54, 1.807) is 0 Å². The molecule has 2 aromatic carbocycles. The van der Waals surface area contributed by atoms with Gasteiger partial charge in [-0.05, 0) is 22.3 Å². The van der Waals surface area contributed by atoms with Gasteiger partial charge >= 0.3 is 12.1 Å². The number of nitrogens with zero attached hydrogens (tertiary/aromatic N) is 2. The SMILES string of the molecule is O=C(NCc1cc(C(=O)N2CC(O)C[C@H]2C(=O)O)no1)OCC1c2ccccc2-c2ccccc21. The van der Waals surface area contributed by atoms with E-state index in [1.807, 2.05) is 36.4 Å². The van der Waals surface area contributed by atoms with Crippen LogP contribution >= 0.6 is 0 Å². The molecule has 2 atom stereocenters. The largest absolute Gasteiger partial charge is 0.480 e. The monoisotopic (exact) mass is 477 g/mol. The molecule has 1 saturated heterocycles. The summed E-state index contributed by atoms with van der Waals surface area (Å²) in [7, 11) is 0. The number of amides is 2. The molecule has 1 unspecified atom stereocenters. The fourth-order valence-corrected chi connectivity index (χ4v) is 4.73. The van der Waals surface area contributed by atoms with Crippen molar-refractivity contribution in [2.24, 2.45) is 0 Å². The molecule has 0 bridgehead atoms. The van der Waals surface area contributed by atoms with Crippen LogP contribution in [-0.4, -0.2) is 63.5 Å². The number of hydrogen-bond acceptors (Lipinski definition) is 7. The first-order valence-electron chi connectivity index (χ1n) is 11.2. The van der Waals surface area contributed by atoms with Crippen LogP contribution < -0.4 is 5.32 Å². The van der Waals surface area contributed by atoms with Gasteiger partial charge in [0.15, 0.2) is 11.5 Å². The Morgan fingerprint density at radius 1 is 1.09 bits per heavy atom. The van der Waals surface area contributed by atoms with Crippen molar-refractivity contribution in [3.63, 3.8) is 0 Å². The van der Waals surface area contributed by atoms with Crippen LogP contribution in [-0.2, 0) is 16.1 Å². The van der Waals surface area contributed by atoms with Crippen LogP contribution in [0.1, 0.15) is 39.7 Å². The molecule has 1 aliphatic heterocycles. The molecule has 2 aliphatic rings. The number of hydrogen-bond donors (Lipinski definition) is 3. The molecular weight excluding hydrogens is 454 g/mol. The average Bonchev–Trinajstić information content (AvgIpc) is 3.57. The molecule has 0 saturated carbocycles.